The second kappa shape index (κ2) is 10.4. The Balaban J connectivity index is 1.64. The van der Waals surface area contributed by atoms with Crippen LogP contribution in [-0.4, -0.2) is 31.7 Å². The van der Waals surface area contributed by atoms with E-state index in [0.29, 0.717) is 25.3 Å². The maximum Gasteiger partial charge on any atom is 0.243 e. The van der Waals surface area contributed by atoms with Crippen LogP contribution in [0.4, 0.5) is 0 Å². The predicted octanol–water partition coefficient (Wildman–Crippen LogP) is 4.15. The Morgan fingerprint density at radius 2 is 1.65 bits per heavy atom. The summed E-state index contributed by atoms with van der Waals surface area (Å²) in [5.41, 5.74) is 1.85. The van der Waals surface area contributed by atoms with Crippen molar-refractivity contribution in [2.75, 3.05) is 13.1 Å². The van der Waals surface area contributed by atoms with Crippen molar-refractivity contribution >= 4 is 15.9 Å². The van der Waals surface area contributed by atoms with E-state index in [-0.39, 0.29) is 23.3 Å². The Morgan fingerprint density at radius 3 is 2.23 bits per heavy atom. The fourth-order valence-electron chi connectivity index (χ4n) is 3.45. The van der Waals surface area contributed by atoms with Gasteiger partial charge < -0.3 is 9.73 Å². The molecule has 7 heteroatoms. The van der Waals surface area contributed by atoms with E-state index in [1.54, 1.807) is 36.6 Å². The average molecular weight is 441 g/mol. The van der Waals surface area contributed by atoms with Gasteiger partial charge in [-0.15, -0.1) is 0 Å². The molecule has 3 rings (SSSR count). The highest BCUT2D eigenvalue weighted by Crippen LogP contribution is 2.23. The molecule has 0 aliphatic rings. The number of carbonyl (C=O) groups is 1. The van der Waals surface area contributed by atoms with E-state index < -0.39 is 10.0 Å². The fourth-order valence-corrected chi connectivity index (χ4v) is 4.91. The van der Waals surface area contributed by atoms with Crippen molar-refractivity contribution in [1.82, 2.24) is 9.62 Å². The smallest absolute Gasteiger partial charge is 0.243 e. The lowest BCUT2D eigenvalue weighted by atomic mass is 10.0. The van der Waals surface area contributed by atoms with E-state index in [9.17, 15) is 13.2 Å². The Morgan fingerprint density at radius 1 is 0.968 bits per heavy atom. The second-order valence-corrected chi connectivity index (χ2v) is 9.10. The van der Waals surface area contributed by atoms with Gasteiger partial charge in [-0.05, 0) is 41.8 Å². The molecule has 1 N–H and O–H groups in total. The van der Waals surface area contributed by atoms with E-state index in [0.717, 1.165) is 11.1 Å². The van der Waals surface area contributed by atoms with Crippen LogP contribution in [0.5, 0.6) is 0 Å². The average Bonchev–Trinajstić information content (AvgIpc) is 3.32. The van der Waals surface area contributed by atoms with Crippen molar-refractivity contribution in [1.29, 1.82) is 0 Å². The first-order valence-corrected chi connectivity index (χ1v) is 11.9. The number of rotatable bonds is 10. The number of hydrogen-bond donors (Lipinski definition) is 1. The third-order valence-corrected chi connectivity index (χ3v) is 7.24. The summed E-state index contributed by atoms with van der Waals surface area (Å²) in [5, 5.41) is 3.04. The van der Waals surface area contributed by atoms with Crippen molar-refractivity contribution in [2.24, 2.45) is 0 Å². The highest BCUT2D eigenvalue weighted by atomic mass is 32.2. The summed E-state index contributed by atoms with van der Waals surface area (Å²) in [6.07, 6.45) is 2.38. The van der Waals surface area contributed by atoms with Crippen molar-refractivity contribution in [3.05, 3.63) is 89.9 Å². The number of sulfonamides is 1. The van der Waals surface area contributed by atoms with Crippen LogP contribution in [0.25, 0.3) is 0 Å². The molecule has 1 amide bonds. The quantitative estimate of drug-likeness (QED) is 0.514. The monoisotopic (exact) mass is 440 g/mol. The maximum atomic E-state index is 12.6. The Bertz CT molecular complexity index is 1060. The van der Waals surface area contributed by atoms with Gasteiger partial charge in [0.05, 0.1) is 11.2 Å². The minimum atomic E-state index is -3.48. The van der Waals surface area contributed by atoms with Crippen LogP contribution in [0, 0.1) is 0 Å². The Hall–Kier alpha value is -2.90. The molecule has 0 saturated heterocycles. The number of benzene rings is 2. The lowest BCUT2D eigenvalue weighted by Gasteiger charge is -2.18. The van der Waals surface area contributed by atoms with E-state index in [4.69, 9.17) is 4.42 Å². The number of carbonyl (C=O) groups excluding carboxylic acids is 1. The topological polar surface area (TPSA) is 79.6 Å². The highest BCUT2D eigenvalue weighted by molar-refractivity contribution is 7.89. The Labute approximate surface area is 183 Å². The molecular formula is C24H28N2O4S. The first kappa shape index (κ1) is 22.8. The molecular weight excluding hydrogens is 412 g/mol. The molecule has 6 nitrogen and oxygen atoms in total. The first-order chi connectivity index (χ1) is 15.0. The van der Waals surface area contributed by atoms with Crippen molar-refractivity contribution in [2.45, 2.75) is 37.6 Å². The zero-order chi connectivity index (χ0) is 22.3. The van der Waals surface area contributed by atoms with Gasteiger partial charge in [0.2, 0.25) is 15.9 Å². The van der Waals surface area contributed by atoms with E-state index in [2.05, 4.69) is 5.32 Å². The minimum absolute atomic E-state index is 0.106. The summed E-state index contributed by atoms with van der Waals surface area (Å²) < 4.78 is 32.1. The maximum absolute atomic E-state index is 12.6. The van der Waals surface area contributed by atoms with Crippen LogP contribution in [0.15, 0.2) is 82.3 Å². The molecule has 0 saturated carbocycles. The van der Waals surface area contributed by atoms with Gasteiger partial charge in [-0.25, -0.2) is 8.42 Å². The fraction of sp³-hybridized carbons (Fsp3) is 0.292. The van der Waals surface area contributed by atoms with Crippen LogP contribution >= 0.6 is 0 Å². The third kappa shape index (κ3) is 5.62. The summed E-state index contributed by atoms with van der Waals surface area (Å²) >= 11 is 0. The second-order valence-electron chi connectivity index (χ2n) is 7.16. The number of nitrogens with one attached hydrogen (secondary N) is 1. The minimum Gasteiger partial charge on any atom is -0.467 e. The summed E-state index contributed by atoms with van der Waals surface area (Å²) in [5.74, 6) is 0.565. The number of nitrogens with zero attached hydrogens (tertiary/aromatic N) is 1. The van der Waals surface area contributed by atoms with Crippen LogP contribution in [0.2, 0.25) is 0 Å². The van der Waals surface area contributed by atoms with Gasteiger partial charge >= 0.3 is 0 Å². The molecule has 1 unspecified atom stereocenters. The molecule has 0 spiro atoms. The van der Waals surface area contributed by atoms with Gasteiger partial charge in [-0.2, -0.15) is 4.31 Å². The molecule has 0 radical (unpaired) electrons. The SMILES string of the molecule is CCN(CC)S(=O)(=O)c1ccc(CCC(=O)NC(c2ccccc2)c2ccco2)cc1. The van der Waals surface area contributed by atoms with Crippen LogP contribution in [-0.2, 0) is 21.2 Å². The van der Waals surface area contributed by atoms with Crippen LogP contribution in [0.3, 0.4) is 0 Å². The molecule has 31 heavy (non-hydrogen) atoms. The van der Waals surface area contributed by atoms with Gasteiger partial charge in [0, 0.05) is 19.5 Å². The molecule has 0 aliphatic carbocycles. The highest BCUT2D eigenvalue weighted by Gasteiger charge is 2.22. The lowest BCUT2D eigenvalue weighted by Crippen LogP contribution is -2.30. The number of aryl methyl sites for hydroxylation is 1. The van der Waals surface area contributed by atoms with Crippen molar-refractivity contribution in [3.8, 4) is 0 Å². The van der Waals surface area contributed by atoms with E-state index in [1.165, 1.54) is 4.31 Å². The Kier molecular flexibility index (Phi) is 7.65. The normalized spacial score (nSPS) is 12.6. The third-order valence-electron chi connectivity index (χ3n) is 5.17. The zero-order valence-electron chi connectivity index (χ0n) is 17.8. The number of amides is 1. The van der Waals surface area contributed by atoms with Crippen LogP contribution in [0.1, 0.15) is 43.2 Å². The molecule has 2 aromatic carbocycles. The summed E-state index contributed by atoms with van der Waals surface area (Å²) in [6, 6.07) is 19.7. The molecule has 3 aromatic rings. The summed E-state index contributed by atoms with van der Waals surface area (Å²) in [6.45, 7) is 4.50. The first-order valence-electron chi connectivity index (χ1n) is 10.4. The van der Waals surface area contributed by atoms with Gasteiger partial charge in [0.25, 0.3) is 0 Å². The number of hydrogen-bond acceptors (Lipinski definition) is 4. The van der Waals surface area contributed by atoms with Gasteiger partial charge in [0.1, 0.15) is 11.8 Å². The number of furan rings is 1. The lowest BCUT2D eigenvalue weighted by molar-refractivity contribution is -0.121. The standard InChI is InChI=1S/C24H28N2O4S/c1-3-26(4-2)31(28,29)21-15-12-19(13-16-21)14-17-23(27)25-24(22-11-8-18-30-22)20-9-6-5-7-10-20/h5-13,15-16,18,24H,3-4,14,17H2,1-2H3,(H,25,27). The molecule has 1 atom stereocenters. The molecule has 1 aromatic heterocycles. The molecule has 1 heterocycles. The molecule has 0 aliphatic heterocycles. The molecule has 0 bridgehead atoms. The van der Waals surface area contributed by atoms with Gasteiger partial charge in [-0.1, -0.05) is 56.3 Å². The van der Waals surface area contributed by atoms with Crippen molar-refractivity contribution in [3.63, 3.8) is 0 Å². The van der Waals surface area contributed by atoms with Gasteiger partial charge in [-0.3, -0.25) is 4.79 Å². The van der Waals surface area contributed by atoms with Gasteiger partial charge in [0.15, 0.2) is 0 Å². The summed E-state index contributed by atoms with van der Waals surface area (Å²) in [7, 11) is -3.48. The molecule has 164 valence electrons. The molecule has 0 fully saturated rings. The van der Waals surface area contributed by atoms with Crippen LogP contribution < -0.4 is 5.32 Å². The summed E-state index contributed by atoms with van der Waals surface area (Å²) in [4.78, 5) is 12.9. The van der Waals surface area contributed by atoms with E-state index in [1.807, 2.05) is 50.2 Å². The zero-order valence-corrected chi connectivity index (χ0v) is 18.6. The predicted molar refractivity (Wildman–Crippen MR) is 120 cm³/mol. The van der Waals surface area contributed by atoms with Crippen molar-refractivity contribution < 1.29 is 17.6 Å². The van der Waals surface area contributed by atoms with E-state index >= 15 is 0 Å². The largest absolute Gasteiger partial charge is 0.467 e.